The predicted molar refractivity (Wildman–Crippen MR) is 64.7 cm³/mol. The van der Waals surface area contributed by atoms with Crippen LogP contribution in [-0.2, 0) is 4.74 Å². The van der Waals surface area contributed by atoms with Gasteiger partial charge in [-0.25, -0.2) is 4.39 Å². The van der Waals surface area contributed by atoms with Gasteiger partial charge in [0.25, 0.3) is 0 Å². The molecule has 0 aliphatic heterocycles. The molecule has 17 heavy (non-hydrogen) atoms. The lowest BCUT2D eigenvalue weighted by molar-refractivity contribution is 0.0893. The Bertz CT molecular complexity index is 368. The molecule has 0 heterocycles. The Morgan fingerprint density at radius 1 is 1.41 bits per heavy atom. The van der Waals surface area contributed by atoms with Crippen LogP contribution in [-0.4, -0.2) is 44.0 Å². The molecule has 4 heteroatoms. The fraction of sp³-hybridized carbons (Fsp3) is 0.462. The number of ketones is 1. The molecule has 0 bridgehead atoms. The third-order valence-corrected chi connectivity index (χ3v) is 2.41. The van der Waals surface area contributed by atoms with Gasteiger partial charge in [-0.15, -0.1) is 0 Å². The number of halogens is 1. The Morgan fingerprint density at radius 3 is 2.76 bits per heavy atom. The molecular weight excluding hydrogens is 221 g/mol. The van der Waals surface area contributed by atoms with Gasteiger partial charge in [-0.05, 0) is 26.1 Å². The number of carbonyl (C=O) groups excluding carboxylic acids is 1. The molecule has 0 saturated carbocycles. The minimum atomic E-state index is -0.462. The number of rotatable bonds is 7. The molecule has 0 amide bonds. The van der Waals surface area contributed by atoms with Gasteiger partial charge in [0, 0.05) is 13.2 Å². The second-order valence-corrected chi connectivity index (χ2v) is 3.84. The zero-order valence-electron chi connectivity index (χ0n) is 10.3. The van der Waals surface area contributed by atoms with Crippen LogP contribution >= 0.6 is 0 Å². The third kappa shape index (κ3) is 4.63. The summed E-state index contributed by atoms with van der Waals surface area (Å²) in [5.41, 5.74) is 0.149. The molecule has 1 aromatic rings. The van der Waals surface area contributed by atoms with Gasteiger partial charge < -0.3 is 4.74 Å². The highest BCUT2D eigenvalue weighted by atomic mass is 19.1. The molecular formula is C13H18FNO2. The van der Waals surface area contributed by atoms with E-state index >= 15 is 0 Å². The van der Waals surface area contributed by atoms with Gasteiger partial charge in [-0.1, -0.05) is 12.1 Å². The summed E-state index contributed by atoms with van der Waals surface area (Å²) >= 11 is 0. The van der Waals surface area contributed by atoms with Crippen molar-refractivity contribution in [2.45, 2.75) is 6.92 Å². The van der Waals surface area contributed by atoms with E-state index in [0.717, 1.165) is 0 Å². The molecule has 0 atom stereocenters. The number of Topliss-reactive ketones (excluding diaryl/α,β-unsaturated/α-hetero) is 1. The molecule has 0 aliphatic rings. The van der Waals surface area contributed by atoms with E-state index < -0.39 is 5.82 Å². The van der Waals surface area contributed by atoms with E-state index in [1.54, 1.807) is 12.1 Å². The normalized spacial score (nSPS) is 10.8. The maximum atomic E-state index is 13.3. The smallest absolute Gasteiger partial charge is 0.179 e. The maximum absolute atomic E-state index is 13.3. The zero-order valence-corrected chi connectivity index (χ0v) is 10.3. The van der Waals surface area contributed by atoms with E-state index in [1.807, 2.05) is 18.9 Å². The van der Waals surface area contributed by atoms with Gasteiger partial charge >= 0.3 is 0 Å². The molecule has 1 aromatic carbocycles. The first kappa shape index (κ1) is 13.8. The summed E-state index contributed by atoms with van der Waals surface area (Å²) < 4.78 is 18.5. The maximum Gasteiger partial charge on any atom is 0.179 e. The Labute approximate surface area is 101 Å². The lowest BCUT2D eigenvalue weighted by Gasteiger charge is -2.15. The summed E-state index contributed by atoms with van der Waals surface area (Å²) in [6.45, 7) is 4.03. The first-order valence-corrected chi connectivity index (χ1v) is 5.69. The highest BCUT2D eigenvalue weighted by Gasteiger charge is 2.12. The molecule has 0 aromatic heterocycles. The molecule has 94 valence electrons. The number of carbonyl (C=O) groups is 1. The lowest BCUT2D eigenvalue weighted by Crippen LogP contribution is -2.29. The third-order valence-electron chi connectivity index (χ3n) is 2.41. The van der Waals surface area contributed by atoms with Crippen LogP contribution in [0.2, 0.25) is 0 Å². The van der Waals surface area contributed by atoms with Crippen molar-refractivity contribution < 1.29 is 13.9 Å². The van der Waals surface area contributed by atoms with Crippen molar-refractivity contribution in [3.63, 3.8) is 0 Å². The van der Waals surface area contributed by atoms with Crippen LogP contribution in [0, 0.1) is 5.82 Å². The average molecular weight is 239 g/mol. The molecule has 0 aliphatic carbocycles. The standard InChI is InChI=1S/C13H18FNO2/c1-3-17-9-8-15(2)10-13(16)11-6-4-5-7-12(11)14/h4-7H,3,8-10H2,1-2H3. The van der Waals surface area contributed by atoms with Crippen molar-refractivity contribution in [2.75, 3.05) is 33.4 Å². The number of hydrogen-bond donors (Lipinski definition) is 0. The van der Waals surface area contributed by atoms with Gasteiger partial charge in [-0.2, -0.15) is 0 Å². The second kappa shape index (κ2) is 7.14. The van der Waals surface area contributed by atoms with Crippen LogP contribution in [0.4, 0.5) is 4.39 Å². The van der Waals surface area contributed by atoms with Crippen LogP contribution in [0.3, 0.4) is 0 Å². The molecule has 0 saturated heterocycles. The van der Waals surface area contributed by atoms with E-state index in [-0.39, 0.29) is 17.9 Å². The summed E-state index contributed by atoms with van der Waals surface area (Å²) in [4.78, 5) is 13.6. The minimum absolute atomic E-state index is 0.149. The average Bonchev–Trinajstić information content (AvgIpc) is 2.29. The molecule has 0 unspecified atom stereocenters. The molecule has 0 fully saturated rings. The van der Waals surface area contributed by atoms with Crippen molar-refractivity contribution in [1.29, 1.82) is 0 Å². The Morgan fingerprint density at radius 2 is 2.12 bits per heavy atom. The molecule has 0 radical (unpaired) electrons. The Kier molecular flexibility index (Phi) is 5.80. The summed E-state index contributed by atoms with van der Waals surface area (Å²) in [7, 11) is 1.82. The SMILES string of the molecule is CCOCCN(C)CC(=O)c1ccccc1F. The first-order valence-electron chi connectivity index (χ1n) is 5.69. The van der Waals surface area contributed by atoms with Crippen LogP contribution < -0.4 is 0 Å². The van der Waals surface area contributed by atoms with Gasteiger partial charge in [0.05, 0.1) is 18.7 Å². The van der Waals surface area contributed by atoms with Gasteiger partial charge in [0.2, 0.25) is 0 Å². The number of nitrogens with zero attached hydrogens (tertiary/aromatic N) is 1. The summed E-state index contributed by atoms with van der Waals surface area (Å²) in [5, 5.41) is 0. The van der Waals surface area contributed by atoms with Crippen molar-refractivity contribution >= 4 is 5.78 Å². The topological polar surface area (TPSA) is 29.5 Å². The Balaban J connectivity index is 2.46. The number of likely N-dealkylation sites (N-methyl/N-ethyl adjacent to an activating group) is 1. The summed E-state index contributed by atoms with van der Waals surface area (Å²) in [6, 6.07) is 6.04. The van der Waals surface area contributed by atoms with Gasteiger partial charge in [0.15, 0.2) is 5.78 Å². The van der Waals surface area contributed by atoms with Crippen LogP contribution in [0.1, 0.15) is 17.3 Å². The highest BCUT2D eigenvalue weighted by molar-refractivity contribution is 5.97. The first-order chi connectivity index (χ1) is 8.15. The molecule has 0 spiro atoms. The fourth-order valence-corrected chi connectivity index (χ4v) is 1.46. The van der Waals surface area contributed by atoms with Gasteiger partial charge in [0.1, 0.15) is 5.82 Å². The summed E-state index contributed by atoms with van der Waals surface area (Å²) in [6.07, 6.45) is 0. The zero-order chi connectivity index (χ0) is 12.7. The van der Waals surface area contributed by atoms with Gasteiger partial charge in [-0.3, -0.25) is 9.69 Å². The molecule has 1 rings (SSSR count). The highest BCUT2D eigenvalue weighted by Crippen LogP contribution is 2.07. The second-order valence-electron chi connectivity index (χ2n) is 3.84. The number of ether oxygens (including phenoxy) is 1. The van der Waals surface area contributed by atoms with E-state index in [9.17, 15) is 9.18 Å². The van der Waals surface area contributed by atoms with Crippen LogP contribution in [0.25, 0.3) is 0 Å². The lowest BCUT2D eigenvalue weighted by atomic mass is 10.1. The molecule has 0 N–H and O–H groups in total. The summed E-state index contributed by atoms with van der Waals surface area (Å²) in [5.74, 6) is -0.669. The number of hydrogen-bond acceptors (Lipinski definition) is 3. The van der Waals surface area contributed by atoms with Crippen molar-refractivity contribution in [3.05, 3.63) is 35.6 Å². The van der Waals surface area contributed by atoms with E-state index in [0.29, 0.717) is 19.8 Å². The van der Waals surface area contributed by atoms with Crippen LogP contribution in [0.15, 0.2) is 24.3 Å². The monoisotopic (exact) mass is 239 g/mol. The minimum Gasteiger partial charge on any atom is -0.380 e. The largest absolute Gasteiger partial charge is 0.380 e. The van der Waals surface area contributed by atoms with E-state index in [2.05, 4.69) is 0 Å². The van der Waals surface area contributed by atoms with Crippen molar-refractivity contribution in [1.82, 2.24) is 4.90 Å². The van der Waals surface area contributed by atoms with Crippen molar-refractivity contribution in [2.24, 2.45) is 0 Å². The quantitative estimate of drug-likeness (QED) is 0.538. The predicted octanol–water partition coefficient (Wildman–Crippen LogP) is 1.98. The van der Waals surface area contributed by atoms with E-state index in [1.165, 1.54) is 12.1 Å². The Hall–Kier alpha value is -1.26. The fourth-order valence-electron chi connectivity index (χ4n) is 1.46. The van der Waals surface area contributed by atoms with E-state index in [4.69, 9.17) is 4.74 Å². The number of benzene rings is 1. The molecule has 3 nitrogen and oxygen atoms in total. The van der Waals surface area contributed by atoms with Crippen molar-refractivity contribution in [3.8, 4) is 0 Å². The van der Waals surface area contributed by atoms with Crippen LogP contribution in [0.5, 0.6) is 0 Å².